The number of nitrogens with zero attached hydrogens (tertiary/aromatic N) is 3. The van der Waals surface area contributed by atoms with E-state index in [1.54, 1.807) is 4.52 Å². The van der Waals surface area contributed by atoms with Crippen molar-refractivity contribution in [3.05, 3.63) is 82.1 Å². The summed E-state index contributed by atoms with van der Waals surface area (Å²) in [6.45, 7) is 8.82. The maximum absolute atomic E-state index is 12.1. The molecule has 2 heterocycles. The van der Waals surface area contributed by atoms with E-state index in [0.29, 0.717) is 17.4 Å². The predicted octanol–water partition coefficient (Wildman–Crippen LogP) is 6.77. The van der Waals surface area contributed by atoms with Gasteiger partial charge in [-0.2, -0.15) is 4.98 Å². The molecule has 4 aromatic rings. The van der Waals surface area contributed by atoms with E-state index < -0.39 is 0 Å². The Hall–Kier alpha value is -3.41. The van der Waals surface area contributed by atoms with Gasteiger partial charge in [0, 0.05) is 17.7 Å². The van der Waals surface area contributed by atoms with E-state index in [1.807, 2.05) is 0 Å². The molecule has 4 rings (SSSR count). The Kier molecular flexibility index (Phi) is 8.24. The van der Waals surface area contributed by atoms with Crippen molar-refractivity contribution in [2.24, 2.45) is 0 Å². The Bertz CT molecular complexity index is 1300. The number of aromatic nitrogens is 4. The molecule has 0 aliphatic rings. The van der Waals surface area contributed by atoms with Gasteiger partial charge in [-0.05, 0) is 42.2 Å². The number of benzene rings is 2. The minimum Gasteiger partial charge on any atom is -0.351 e. The molecular weight excluding hydrogens is 446 g/mol. The van der Waals surface area contributed by atoms with Crippen LogP contribution < -0.4 is 10.9 Å². The monoisotopic (exact) mass is 485 g/mol. The van der Waals surface area contributed by atoms with Crippen LogP contribution in [0.4, 0.5) is 5.95 Å². The van der Waals surface area contributed by atoms with Crippen molar-refractivity contribution in [2.75, 3.05) is 5.32 Å². The standard InChI is InChI=1S/C30H39N5O/c1-5-12-25(16-11-7-10-15-22-13-8-6-9-14-22)31-29-33-28(32-26-21-27(36)34-35(26)29)23-17-19-24(20-18-23)30(2,3)4/h6,8-9,13-14,17-21,25H,5,7,10-12,15-16H2,1-4H3,(H,34,36)(H,31,32,33). The third-order valence-electron chi connectivity index (χ3n) is 6.70. The van der Waals surface area contributed by atoms with Gasteiger partial charge < -0.3 is 5.32 Å². The zero-order chi connectivity index (χ0) is 25.5. The topological polar surface area (TPSA) is 75.1 Å². The van der Waals surface area contributed by atoms with Crippen LogP contribution in [0.2, 0.25) is 0 Å². The first-order valence-corrected chi connectivity index (χ1v) is 13.2. The van der Waals surface area contributed by atoms with E-state index in [1.165, 1.54) is 30.0 Å². The van der Waals surface area contributed by atoms with Crippen molar-refractivity contribution in [2.45, 2.75) is 84.1 Å². The minimum atomic E-state index is -0.180. The van der Waals surface area contributed by atoms with Crippen LogP contribution in [0.1, 0.15) is 77.3 Å². The average Bonchev–Trinajstić information content (AvgIpc) is 3.24. The smallest absolute Gasteiger partial charge is 0.266 e. The van der Waals surface area contributed by atoms with E-state index in [4.69, 9.17) is 4.98 Å². The molecule has 6 nitrogen and oxygen atoms in total. The molecule has 0 saturated heterocycles. The Morgan fingerprint density at radius 2 is 1.69 bits per heavy atom. The van der Waals surface area contributed by atoms with Crippen molar-refractivity contribution in [3.63, 3.8) is 0 Å². The van der Waals surface area contributed by atoms with Gasteiger partial charge >= 0.3 is 0 Å². The van der Waals surface area contributed by atoms with Crippen LogP contribution in [0.5, 0.6) is 0 Å². The molecule has 0 bridgehead atoms. The maximum Gasteiger partial charge on any atom is 0.266 e. The lowest BCUT2D eigenvalue weighted by Gasteiger charge is -2.20. The van der Waals surface area contributed by atoms with Crippen LogP contribution in [0, 0.1) is 0 Å². The molecule has 6 heteroatoms. The van der Waals surface area contributed by atoms with Crippen LogP contribution in [0.3, 0.4) is 0 Å². The van der Waals surface area contributed by atoms with Crippen molar-refractivity contribution in [3.8, 4) is 11.4 Å². The summed E-state index contributed by atoms with van der Waals surface area (Å²) < 4.78 is 1.67. The molecule has 0 amide bonds. The number of nitrogens with one attached hydrogen (secondary N) is 2. The highest BCUT2D eigenvalue weighted by Gasteiger charge is 2.17. The number of hydrogen-bond acceptors (Lipinski definition) is 4. The third-order valence-corrected chi connectivity index (χ3v) is 6.70. The van der Waals surface area contributed by atoms with Gasteiger partial charge in [0.15, 0.2) is 11.5 Å². The second-order valence-corrected chi connectivity index (χ2v) is 10.7. The largest absolute Gasteiger partial charge is 0.351 e. The zero-order valence-corrected chi connectivity index (χ0v) is 22.1. The molecule has 1 unspecified atom stereocenters. The summed E-state index contributed by atoms with van der Waals surface area (Å²) in [5.41, 5.74) is 4.09. The summed E-state index contributed by atoms with van der Waals surface area (Å²) in [5, 5.41) is 6.48. The highest BCUT2D eigenvalue weighted by Crippen LogP contribution is 2.26. The fourth-order valence-corrected chi connectivity index (χ4v) is 4.62. The van der Waals surface area contributed by atoms with Gasteiger partial charge in [0.2, 0.25) is 5.95 Å². The van der Waals surface area contributed by atoms with Crippen molar-refractivity contribution in [1.82, 2.24) is 19.6 Å². The first-order valence-electron chi connectivity index (χ1n) is 13.2. The van der Waals surface area contributed by atoms with Crippen LogP contribution in [-0.2, 0) is 11.8 Å². The van der Waals surface area contributed by atoms with Gasteiger partial charge in [-0.1, -0.05) is 102 Å². The van der Waals surface area contributed by atoms with Crippen LogP contribution in [0.25, 0.3) is 17.0 Å². The number of anilines is 1. The number of hydrogen-bond donors (Lipinski definition) is 2. The molecular formula is C30H39N5O. The fourth-order valence-electron chi connectivity index (χ4n) is 4.62. The number of aryl methyl sites for hydroxylation is 1. The second kappa shape index (κ2) is 11.5. The highest BCUT2D eigenvalue weighted by atomic mass is 16.1. The Morgan fingerprint density at radius 1 is 0.944 bits per heavy atom. The first-order chi connectivity index (χ1) is 17.3. The van der Waals surface area contributed by atoms with E-state index in [0.717, 1.165) is 37.7 Å². The van der Waals surface area contributed by atoms with Gasteiger partial charge in [-0.25, -0.2) is 9.50 Å². The van der Waals surface area contributed by atoms with Crippen molar-refractivity contribution >= 4 is 11.6 Å². The van der Waals surface area contributed by atoms with Gasteiger partial charge in [0.05, 0.1) is 0 Å². The predicted molar refractivity (Wildman–Crippen MR) is 149 cm³/mol. The maximum atomic E-state index is 12.1. The molecule has 2 aromatic heterocycles. The molecule has 0 radical (unpaired) electrons. The second-order valence-electron chi connectivity index (χ2n) is 10.7. The molecule has 190 valence electrons. The number of rotatable bonds is 11. The van der Waals surface area contributed by atoms with Gasteiger partial charge in [-0.15, -0.1) is 0 Å². The summed E-state index contributed by atoms with van der Waals surface area (Å²) in [5.74, 6) is 1.26. The molecule has 0 fully saturated rings. The Labute approximate surface area is 214 Å². The molecule has 0 aliphatic heterocycles. The SMILES string of the molecule is CCCC(CCCCCc1ccccc1)Nc1nc(-c2ccc(C(C)(C)C)cc2)nc2cc(=O)[nH]n12. The number of H-pyrrole nitrogens is 1. The quantitative estimate of drug-likeness (QED) is 0.230. The summed E-state index contributed by atoms with van der Waals surface area (Å²) in [6, 6.07) is 20.9. The lowest BCUT2D eigenvalue weighted by atomic mass is 9.87. The van der Waals surface area contributed by atoms with Crippen molar-refractivity contribution in [1.29, 1.82) is 0 Å². The molecule has 0 saturated carbocycles. The minimum absolute atomic E-state index is 0.0818. The fraction of sp³-hybridized carbons (Fsp3) is 0.433. The third kappa shape index (κ3) is 6.62. The molecule has 0 spiro atoms. The average molecular weight is 486 g/mol. The first kappa shape index (κ1) is 25.7. The Balaban J connectivity index is 1.48. The molecule has 2 aromatic carbocycles. The molecule has 2 N–H and O–H groups in total. The van der Waals surface area contributed by atoms with E-state index in [-0.39, 0.29) is 17.0 Å². The van der Waals surface area contributed by atoms with Crippen LogP contribution in [-0.4, -0.2) is 25.6 Å². The normalized spacial score (nSPS) is 12.7. The summed E-state index contributed by atoms with van der Waals surface area (Å²) >= 11 is 0. The summed E-state index contributed by atoms with van der Waals surface area (Å²) in [6.07, 6.45) is 7.87. The highest BCUT2D eigenvalue weighted by molar-refractivity contribution is 5.60. The van der Waals surface area contributed by atoms with Gasteiger partial charge in [0.1, 0.15) is 0 Å². The van der Waals surface area contributed by atoms with Crippen LogP contribution in [0.15, 0.2) is 65.5 Å². The number of aromatic amines is 1. The van der Waals surface area contributed by atoms with E-state index in [2.05, 4.69) is 97.7 Å². The zero-order valence-electron chi connectivity index (χ0n) is 22.1. The summed E-state index contributed by atoms with van der Waals surface area (Å²) in [7, 11) is 0. The Morgan fingerprint density at radius 3 is 2.39 bits per heavy atom. The molecule has 36 heavy (non-hydrogen) atoms. The number of fused-ring (bicyclic) bond motifs is 1. The van der Waals surface area contributed by atoms with Gasteiger partial charge in [0.25, 0.3) is 5.56 Å². The van der Waals surface area contributed by atoms with Crippen molar-refractivity contribution < 1.29 is 0 Å². The lowest BCUT2D eigenvalue weighted by Crippen LogP contribution is -2.23. The summed E-state index contributed by atoms with van der Waals surface area (Å²) in [4.78, 5) is 21.7. The van der Waals surface area contributed by atoms with Crippen LogP contribution >= 0.6 is 0 Å². The lowest BCUT2D eigenvalue weighted by molar-refractivity contribution is 0.538. The van der Waals surface area contributed by atoms with E-state index in [9.17, 15) is 4.79 Å². The van der Waals surface area contributed by atoms with Gasteiger partial charge in [-0.3, -0.25) is 9.89 Å². The van der Waals surface area contributed by atoms with E-state index >= 15 is 0 Å². The number of unbranched alkanes of at least 4 members (excludes halogenated alkanes) is 2. The molecule has 0 aliphatic carbocycles. The molecule has 1 atom stereocenters.